The summed E-state index contributed by atoms with van der Waals surface area (Å²) in [5.74, 6) is -0.515. The van der Waals surface area contributed by atoms with E-state index in [1.54, 1.807) is 12.1 Å². The van der Waals surface area contributed by atoms with Crippen molar-refractivity contribution in [1.82, 2.24) is 20.1 Å². The van der Waals surface area contributed by atoms with Gasteiger partial charge in [-0.05, 0) is 56.0 Å². The van der Waals surface area contributed by atoms with Crippen molar-refractivity contribution in [3.8, 4) is 16.5 Å². The van der Waals surface area contributed by atoms with Crippen LogP contribution in [0, 0.1) is 11.7 Å². The van der Waals surface area contributed by atoms with E-state index < -0.39 is 11.8 Å². The van der Waals surface area contributed by atoms with E-state index in [-0.39, 0.29) is 23.1 Å². The minimum absolute atomic E-state index is 0.0397. The van der Waals surface area contributed by atoms with Crippen molar-refractivity contribution >= 4 is 33.7 Å². The molecule has 1 aliphatic rings. The number of halogens is 1. The van der Waals surface area contributed by atoms with Crippen molar-refractivity contribution in [2.45, 2.75) is 45.6 Å². The first-order valence-corrected chi connectivity index (χ1v) is 12.7. The highest BCUT2D eigenvalue weighted by Gasteiger charge is 2.28. The number of ether oxygens (including phenoxy) is 1. The lowest BCUT2D eigenvalue weighted by Crippen LogP contribution is -2.38. The number of rotatable bonds is 7. The monoisotopic (exact) mass is 511 g/mol. The fraction of sp³-hybridized carbons (Fsp3) is 0.400. The maximum Gasteiger partial charge on any atom is 0.335 e. The second-order valence-corrected chi connectivity index (χ2v) is 10.2. The second-order valence-electron chi connectivity index (χ2n) is 9.24. The molecule has 11 heteroatoms. The Morgan fingerprint density at radius 1 is 1.17 bits per heavy atom. The zero-order chi connectivity index (χ0) is 25.4. The molecule has 1 unspecified atom stereocenters. The van der Waals surface area contributed by atoms with Crippen LogP contribution < -0.4 is 9.64 Å². The molecular formula is C25H26FN5O4S. The number of thiazole rings is 1. The number of carboxylic acid groups (broad SMARTS) is 1. The van der Waals surface area contributed by atoms with E-state index in [0.717, 1.165) is 37.8 Å². The number of aromatic nitrogens is 4. The minimum atomic E-state index is -1.18. The Morgan fingerprint density at radius 3 is 2.61 bits per heavy atom. The van der Waals surface area contributed by atoms with Crippen LogP contribution in [0.1, 0.15) is 55.7 Å². The van der Waals surface area contributed by atoms with Crippen molar-refractivity contribution in [3.63, 3.8) is 0 Å². The van der Waals surface area contributed by atoms with Gasteiger partial charge in [0.2, 0.25) is 0 Å². The van der Waals surface area contributed by atoms with Crippen LogP contribution in [0.3, 0.4) is 0 Å². The summed E-state index contributed by atoms with van der Waals surface area (Å²) in [7, 11) is 0. The number of nitrogens with zero attached hydrogens (tertiary/aromatic N) is 5. The average molecular weight is 512 g/mol. The van der Waals surface area contributed by atoms with Crippen molar-refractivity contribution < 1.29 is 23.6 Å². The highest BCUT2D eigenvalue weighted by molar-refractivity contribution is 7.19. The van der Waals surface area contributed by atoms with Crippen LogP contribution in [-0.2, 0) is 0 Å². The Hall–Kier alpha value is -3.60. The fourth-order valence-electron chi connectivity index (χ4n) is 4.26. The Balaban J connectivity index is 1.24. The topological polar surface area (TPSA) is 114 Å². The molecule has 9 nitrogen and oxygen atoms in total. The molecule has 0 saturated carbocycles. The van der Waals surface area contributed by atoms with Gasteiger partial charge in [-0.3, -0.25) is 0 Å². The van der Waals surface area contributed by atoms with Gasteiger partial charge in [-0.15, -0.1) is 0 Å². The quantitative estimate of drug-likeness (QED) is 0.349. The summed E-state index contributed by atoms with van der Waals surface area (Å²) >= 11 is 1.31. The molecule has 1 aromatic carbocycles. The van der Waals surface area contributed by atoms with Gasteiger partial charge in [-0.25, -0.2) is 19.2 Å². The minimum Gasteiger partial charge on any atom is -0.478 e. The van der Waals surface area contributed by atoms with Gasteiger partial charge in [-0.2, -0.15) is 4.98 Å². The number of pyridine rings is 1. The van der Waals surface area contributed by atoms with Gasteiger partial charge in [0, 0.05) is 24.6 Å². The standard InChI is InChI=1S/C25H26FN5O4S/c1-13(2)21-29-24(35-30-21)31-10-8-15(9-11-31)14(3)34-25-28-20-7-6-19(27-22(20)36-25)17-5-4-16(23(32)33)12-18(17)26/h4-7,12-15H,8-11H2,1-3H3,(H,32,33). The average Bonchev–Trinajstić information content (AvgIpc) is 3.51. The highest BCUT2D eigenvalue weighted by atomic mass is 32.1. The number of fused-ring (bicyclic) bond motifs is 1. The predicted octanol–water partition coefficient (Wildman–Crippen LogP) is 5.39. The number of hydrogen-bond donors (Lipinski definition) is 1. The molecule has 0 aliphatic carbocycles. The number of hydrogen-bond acceptors (Lipinski definition) is 9. The smallest absolute Gasteiger partial charge is 0.335 e. The van der Waals surface area contributed by atoms with E-state index in [1.807, 2.05) is 20.8 Å². The van der Waals surface area contributed by atoms with E-state index in [0.29, 0.717) is 33.2 Å². The summed E-state index contributed by atoms with van der Waals surface area (Å²) in [5.41, 5.74) is 1.21. The molecule has 36 heavy (non-hydrogen) atoms. The Labute approximate surface area is 210 Å². The summed E-state index contributed by atoms with van der Waals surface area (Å²) in [5, 5.41) is 13.6. The second kappa shape index (κ2) is 9.81. The first kappa shape index (κ1) is 24.1. The van der Waals surface area contributed by atoms with Crippen molar-refractivity contribution in [1.29, 1.82) is 0 Å². The first-order chi connectivity index (χ1) is 17.3. The van der Waals surface area contributed by atoms with Gasteiger partial charge in [0.25, 0.3) is 5.19 Å². The molecule has 0 spiro atoms. The third kappa shape index (κ3) is 4.88. The highest BCUT2D eigenvalue weighted by Crippen LogP contribution is 2.33. The number of anilines is 1. The zero-order valence-corrected chi connectivity index (χ0v) is 21.0. The van der Waals surface area contributed by atoms with Gasteiger partial charge in [0.15, 0.2) is 5.82 Å². The van der Waals surface area contributed by atoms with Crippen LogP contribution in [0.25, 0.3) is 21.6 Å². The summed E-state index contributed by atoms with van der Waals surface area (Å²) in [6.07, 6.45) is 1.82. The first-order valence-electron chi connectivity index (χ1n) is 11.8. The fourth-order valence-corrected chi connectivity index (χ4v) is 5.13. The van der Waals surface area contributed by atoms with Gasteiger partial charge in [0.05, 0.1) is 11.3 Å². The van der Waals surface area contributed by atoms with Crippen LogP contribution >= 0.6 is 11.3 Å². The largest absolute Gasteiger partial charge is 0.478 e. The molecule has 1 fully saturated rings. The predicted molar refractivity (Wildman–Crippen MR) is 133 cm³/mol. The molecule has 5 rings (SSSR count). The van der Waals surface area contributed by atoms with Gasteiger partial charge < -0.3 is 19.3 Å². The van der Waals surface area contributed by atoms with E-state index in [4.69, 9.17) is 14.4 Å². The van der Waals surface area contributed by atoms with Crippen LogP contribution in [0.15, 0.2) is 34.9 Å². The molecule has 4 aromatic rings. The molecule has 3 aromatic heterocycles. The van der Waals surface area contributed by atoms with Crippen molar-refractivity contribution in [2.75, 3.05) is 18.0 Å². The molecule has 1 saturated heterocycles. The molecule has 1 atom stereocenters. The van der Waals surface area contributed by atoms with Crippen LogP contribution in [0.5, 0.6) is 5.19 Å². The van der Waals surface area contributed by atoms with E-state index in [2.05, 4.69) is 25.0 Å². The number of piperidine rings is 1. The Bertz CT molecular complexity index is 1400. The molecule has 4 heterocycles. The van der Waals surface area contributed by atoms with Crippen molar-refractivity contribution in [2.24, 2.45) is 5.92 Å². The van der Waals surface area contributed by atoms with Crippen LogP contribution in [-0.4, -0.2) is 50.4 Å². The number of aromatic carboxylic acids is 1. The lowest BCUT2D eigenvalue weighted by Gasteiger charge is -2.33. The third-order valence-electron chi connectivity index (χ3n) is 6.44. The third-order valence-corrected chi connectivity index (χ3v) is 7.29. The molecule has 0 amide bonds. The molecule has 0 radical (unpaired) electrons. The Morgan fingerprint density at radius 2 is 1.94 bits per heavy atom. The summed E-state index contributed by atoms with van der Waals surface area (Å²) in [6, 6.07) is 7.81. The van der Waals surface area contributed by atoms with Crippen molar-refractivity contribution in [3.05, 3.63) is 47.5 Å². The van der Waals surface area contributed by atoms with Crippen LogP contribution in [0.4, 0.5) is 10.4 Å². The number of benzene rings is 1. The van der Waals surface area contributed by atoms with Gasteiger partial charge >= 0.3 is 12.0 Å². The lowest BCUT2D eigenvalue weighted by atomic mass is 9.92. The summed E-state index contributed by atoms with van der Waals surface area (Å²) in [4.78, 5) is 27.4. The number of carboxylic acids is 1. The maximum absolute atomic E-state index is 14.5. The maximum atomic E-state index is 14.5. The molecular weight excluding hydrogens is 485 g/mol. The summed E-state index contributed by atoms with van der Waals surface area (Å²) in [6.45, 7) is 7.75. The SMILES string of the molecule is CC(C)c1noc(N2CCC(C(C)Oc3nc4ccc(-c5ccc(C(=O)O)cc5F)nc4s3)CC2)n1. The van der Waals surface area contributed by atoms with E-state index in [1.165, 1.54) is 23.5 Å². The Kier molecular flexibility index (Phi) is 6.57. The number of carbonyl (C=O) groups is 1. The zero-order valence-electron chi connectivity index (χ0n) is 20.1. The molecule has 0 bridgehead atoms. The van der Waals surface area contributed by atoms with Crippen LogP contribution in [0.2, 0.25) is 0 Å². The van der Waals surface area contributed by atoms with E-state index in [9.17, 15) is 9.18 Å². The van der Waals surface area contributed by atoms with Gasteiger partial charge in [0.1, 0.15) is 22.3 Å². The van der Waals surface area contributed by atoms with Gasteiger partial charge in [-0.1, -0.05) is 30.3 Å². The lowest BCUT2D eigenvalue weighted by molar-refractivity contribution is 0.0696. The van der Waals surface area contributed by atoms with E-state index >= 15 is 0 Å². The summed E-state index contributed by atoms with van der Waals surface area (Å²) < 4.78 is 26.1. The molecule has 188 valence electrons. The molecule has 1 aliphatic heterocycles. The normalized spacial score (nSPS) is 15.5. The molecule has 1 N–H and O–H groups in total.